The highest BCUT2D eigenvalue weighted by Crippen LogP contribution is 1.91. The second-order valence-corrected chi connectivity index (χ2v) is 2.09. The molecule has 0 atom stereocenters. The summed E-state index contributed by atoms with van der Waals surface area (Å²) < 4.78 is 0. The van der Waals surface area contributed by atoms with E-state index in [0.717, 1.165) is 0 Å². The lowest BCUT2D eigenvalue weighted by molar-refractivity contribution is -0.107. The van der Waals surface area contributed by atoms with Gasteiger partial charge in [0.25, 0.3) is 5.91 Å². The first kappa shape index (κ1) is 8.39. The van der Waals surface area contributed by atoms with Crippen molar-refractivity contribution in [2.45, 2.75) is 0 Å². The van der Waals surface area contributed by atoms with Gasteiger partial charge in [-0.3, -0.25) is 9.78 Å². The highest BCUT2D eigenvalue weighted by Gasteiger charge is 2.02. The zero-order valence-electron chi connectivity index (χ0n) is 6.36. The number of carbonyl (C=O) groups is 2. The Kier molecular flexibility index (Phi) is 2.95. The molecule has 0 aliphatic carbocycles. The molecule has 0 aliphatic heterocycles. The van der Waals surface area contributed by atoms with Crippen LogP contribution in [0.25, 0.3) is 0 Å². The lowest BCUT2D eigenvalue weighted by Gasteiger charge is -1.98. The monoisotopic (exact) mass is 164 g/mol. The molecule has 0 fully saturated rings. The number of aldehydes is 1. The van der Waals surface area contributed by atoms with E-state index in [2.05, 4.69) is 10.3 Å². The summed E-state index contributed by atoms with van der Waals surface area (Å²) in [6.07, 6.45) is 2.15. The molecule has 0 aromatic carbocycles. The minimum Gasteiger partial charge on any atom is -0.344 e. The predicted octanol–water partition coefficient (Wildman–Crippen LogP) is 0.0103. The maximum atomic E-state index is 11.1. The van der Waals surface area contributed by atoms with Gasteiger partial charge >= 0.3 is 0 Å². The third-order valence-corrected chi connectivity index (χ3v) is 1.24. The van der Waals surface area contributed by atoms with Crippen LogP contribution in [0.4, 0.5) is 0 Å². The van der Waals surface area contributed by atoms with E-state index >= 15 is 0 Å². The number of nitrogens with one attached hydrogen (secondary N) is 1. The van der Waals surface area contributed by atoms with E-state index in [-0.39, 0.29) is 12.5 Å². The van der Waals surface area contributed by atoms with E-state index < -0.39 is 0 Å². The molecule has 62 valence electrons. The van der Waals surface area contributed by atoms with Crippen LogP contribution >= 0.6 is 0 Å². The maximum absolute atomic E-state index is 11.1. The van der Waals surface area contributed by atoms with Crippen LogP contribution in [0.5, 0.6) is 0 Å². The molecule has 1 N–H and O–H groups in total. The first-order valence-corrected chi connectivity index (χ1v) is 3.47. The van der Waals surface area contributed by atoms with Crippen LogP contribution in [0.2, 0.25) is 0 Å². The molecule has 12 heavy (non-hydrogen) atoms. The molecular formula is C8H8N2O2. The summed E-state index contributed by atoms with van der Waals surface area (Å²) in [5, 5.41) is 2.38. The summed E-state index contributed by atoms with van der Waals surface area (Å²) in [4.78, 5) is 24.8. The van der Waals surface area contributed by atoms with Crippen LogP contribution in [0.15, 0.2) is 24.4 Å². The van der Waals surface area contributed by atoms with Gasteiger partial charge < -0.3 is 10.1 Å². The van der Waals surface area contributed by atoms with Gasteiger partial charge in [0, 0.05) is 6.20 Å². The molecule has 1 rings (SSSR count). The molecule has 0 radical (unpaired) electrons. The van der Waals surface area contributed by atoms with Crippen molar-refractivity contribution >= 4 is 12.2 Å². The third-order valence-electron chi connectivity index (χ3n) is 1.24. The Hall–Kier alpha value is -1.71. The molecule has 1 aromatic rings. The largest absolute Gasteiger partial charge is 0.344 e. The Morgan fingerprint density at radius 1 is 1.58 bits per heavy atom. The first-order chi connectivity index (χ1) is 5.84. The van der Waals surface area contributed by atoms with Gasteiger partial charge in [-0.2, -0.15) is 0 Å². The second-order valence-electron chi connectivity index (χ2n) is 2.09. The smallest absolute Gasteiger partial charge is 0.270 e. The summed E-state index contributed by atoms with van der Waals surface area (Å²) >= 11 is 0. The van der Waals surface area contributed by atoms with Gasteiger partial charge in [-0.05, 0) is 12.1 Å². The molecule has 1 aromatic heterocycles. The minimum absolute atomic E-state index is 0.0232. The number of pyridine rings is 1. The van der Waals surface area contributed by atoms with Gasteiger partial charge in [0.05, 0.1) is 6.54 Å². The zero-order chi connectivity index (χ0) is 8.81. The Balaban J connectivity index is 2.59. The van der Waals surface area contributed by atoms with Crippen LogP contribution in [-0.2, 0) is 4.79 Å². The fraction of sp³-hybridized carbons (Fsp3) is 0.125. The van der Waals surface area contributed by atoms with Gasteiger partial charge in [-0.1, -0.05) is 6.07 Å². The van der Waals surface area contributed by atoms with E-state index in [0.29, 0.717) is 12.0 Å². The van der Waals surface area contributed by atoms with Crippen LogP contribution in [0.3, 0.4) is 0 Å². The van der Waals surface area contributed by atoms with E-state index in [1.165, 1.54) is 6.20 Å². The van der Waals surface area contributed by atoms with Gasteiger partial charge in [0.15, 0.2) is 0 Å². The quantitative estimate of drug-likeness (QED) is 0.640. The fourth-order valence-corrected chi connectivity index (χ4v) is 0.722. The van der Waals surface area contributed by atoms with Crippen molar-refractivity contribution in [2.24, 2.45) is 0 Å². The minimum atomic E-state index is -0.331. The lowest BCUT2D eigenvalue weighted by atomic mass is 10.3. The third kappa shape index (κ3) is 2.16. The number of nitrogens with zero attached hydrogens (tertiary/aromatic N) is 1. The number of carbonyl (C=O) groups excluding carboxylic acids is 2. The predicted molar refractivity (Wildman–Crippen MR) is 42.6 cm³/mol. The topological polar surface area (TPSA) is 59.1 Å². The molecule has 0 unspecified atom stereocenters. The van der Waals surface area contributed by atoms with Crippen LogP contribution < -0.4 is 5.32 Å². The molecule has 4 heteroatoms. The Labute approximate surface area is 69.6 Å². The Morgan fingerprint density at radius 2 is 2.42 bits per heavy atom. The molecule has 0 saturated carbocycles. The number of rotatable bonds is 3. The molecule has 0 aliphatic rings. The van der Waals surface area contributed by atoms with Crippen molar-refractivity contribution in [1.29, 1.82) is 0 Å². The normalized spacial score (nSPS) is 9.00. The summed E-state index contributed by atoms with van der Waals surface area (Å²) in [6, 6.07) is 5.01. The number of aromatic nitrogens is 1. The first-order valence-electron chi connectivity index (χ1n) is 3.47. The highest BCUT2D eigenvalue weighted by atomic mass is 16.2. The maximum Gasteiger partial charge on any atom is 0.270 e. The average molecular weight is 164 g/mol. The van der Waals surface area contributed by atoms with E-state index in [1.54, 1.807) is 18.2 Å². The fourth-order valence-electron chi connectivity index (χ4n) is 0.722. The number of amides is 1. The highest BCUT2D eigenvalue weighted by molar-refractivity contribution is 5.93. The summed E-state index contributed by atoms with van der Waals surface area (Å²) in [6.45, 7) is 0.0232. The molecule has 1 amide bonds. The second kappa shape index (κ2) is 4.23. The molecule has 0 saturated heterocycles. The van der Waals surface area contributed by atoms with Crippen molar-refractivity contribution in [3.05, 3.63) is 30.1 Å². The summed E-state index contributed by atoms with van der Waals surface area (Å²) in [5.41, 5.74) is 0.319. The molecular weight excluding hydrogens is 156 g/mol. The molecule has 0 spiro atoms. The Bertz CT molecular complexity index is 272. The summed E-state index contributed by atoms with van der Waals surface area (Å²) in [5.74, 6) is -0.331. The van der Waals surface area contributed by atoms with E-state index in [4.69, 9.17) is 0 Å². The van der Waals surface area contributed by atoms with Crippen molar-refractivity contribution in [3.63, 3.8) is 0 Å². The van der Waals surface area contributed by atoms with E-state index in [1.807, 2.05) is 0 Å². The summed E-state index contributed by atoms with van der Waals surface area (Å²) in [7, 11) is 0. The average Bonchev–Trinajstić information content (AvgIpc) is 2.15. The van der Waals surface area contributed by atoms with Gasteiger partial charge in [-0.25, -0.2) is 0 Å². The van der Waals surface area contributed by atoms with Crippen LogP contribution in [0, 0.1) is 0 Å². The van der Waals surface area contributed by atoms with Crippen molar-refractivity contribution < 1.29 is 9.59 Å². The van der Waals surface area contributed by atoms with Gasteiger partial charge in [0.1, 0.15) is 12.0 Å². The van der Waals surface area contributed by atoms with Crippen molar-refractivity contribution in [2.75, 3.05) is 6.54 Å². The van der Waals surface area contributed by atoms with E-state index in [9.17, 15) is 9.59 Å². The SMILES string of the molecule is O=CCNC(=O)c1ccccn1. The van der Waals surface area contributed by atoms with Crippen LogP contribution in [0.1, 0.15) is 10.5 Å². The van der Waals surface area contributed by atoms with Crippen molar-refractivity contribution in [3.8, 4) is 0 Å². The van der Waals surface area contributed by atoms with Crippen molar-refractivity contribution in [1.82, 2.24) is 10.3 Å². The number of hydrogen-bond acceptors (Lipinski definition) is 3. The molecule has 1 heterocycles. The van der Waals surface area contributed by atoms with Gasteiger partial charge in [0.2, 0.25) is 0 Å². The van der Waals surface area contributed by atoms with Crippen LogP contribution in [-0.4, -0.2) is 23.7 Å². The Morgan fingerprint density at radius 3 is 3.00 bits per heavy atom. The molecule has 0 bridgehead atoms. The standard InChI is InChI=1S/C8H8N2O2/c11-6-5-10-8(12)7-3-1-2-4-9-7/h1-4,6H,5H2,(H,10,12). The molecule has 4 nitrogen and oxygen atoms in total. The van der Waals surface area contributed by atoms with Gasteiger partial charge in [-0.15, -0.1) is 0 Å². The zero-order valence-corrected chi connectivity index (χ0v) is 6.36. The number of hydrogen-bond donors (Lipinski definition) is 1. The lowest BCUT2D eigenvalue weighted by Crippen LogP contribution is -2.25.